The molecule has 4 N–H and O–H groups in total. The molecule has 0 aliphatic heterocycles. The zero-order valence-electron chi connectivity index (χ0n) is 9.29. The van der Waals surface area contributed by atoms with E-state index >= 15 is 0 Å². The van der Waals surface area contributed by atoms with Crippen molar-refractivity contribution in [3.63, 3.8) is 0 Å². The van der Waals surface area contributed by atoms with Crippen LogP contribution in [0.1, 0.15) is 24.2 Å². The smallest absolute Gasteiger partial charge is 0.249 e. The number of carbonyl (C=O) groups is 1. The Morgan fingerprint density at radius 2 is 2.12 bits per heavy atom. The summed E-state index contributed by atoms with van der Waals surface area (Å²) in [5, 5.41) is 0. The highest BCUT2D eigenvalue weighted by Crippen LogP contribution is 2.23. The molecule has 88 valence electrons. The van der Waals surface area contributed by atoms with E-state index in [9.17, 15) is 4.79 Å². The average molecular weight is 287 g/mol. The normalized spacial score (nSPS) is 11.2. The Morgan fingerprint density at radius 3 is 2.56 bits per heavy atom. The molecule has 1 rings (SSSR count). The van der Waals surface area contributed by atoms with Crippen molar-refractivity contribution in [3.05, 3.63) is 28.2 Å². The molecule has 1 aromatic carbocycles. The van der Waals surface area contributed by atoms with Gasteiger partial charge in [-0.3, -0.25) is 4.79 Å². The van der Waals surface area contributed by atoms with E-state index in [1.165, 1.54) is 0 Å². The van der Waals surface area contributed by atoms with E-state index in [0.29, 0.717) is 22.4 Å². The highest BCUT2D eigenvalue weighted by atomic mass is 79.9. The topological polar surface area (TPSA) is 78.3 Å². The van der Waals surface area contributed by atoms with E-state index in [-0.39, 0.29) is 0 Å². The minimum atomic E-state index is -0.474. The molecule has 0 spiro atoms. The predicted molar refractivity (Wildman–Crippen MR) is 66.4 cm³/mol. The molecule has 0 saturated carbocycles. The summed E-state index contributed by atoms with van der Waals surface area (Å²) in [7, 11) is 0. The first-order valence-corrected chi connectivity index (χ1v) is 5.60. The van der Waals surface area contributed by atoms with Crippen molar-refractivity contribution in [1.82, 2.24) is 0 Å². The number of carbonyl (C=O) groups excluding carboxylic acids is 1. The number of rotatable bonds is 4. The molecule has 0 aliphatic carbocycles. The molecule has 0 atom stereocenters. The second-order valence-corrected chi connectivity index (χ2v) is 5.14. The summed E-state index contributed by atoms with van der Waals surface area (Å²) in [6, 6.07) is 5.01. The summed E-state index contributed by atoms with van der Waals surface area (Å²) >= 11 is 3.26. The van der Waals surface area contributed by atoms with E-state index in [4.69, 9.17) is 16.2 Å². The van der Waals surface area contributed by atoms with Crippen molar-refractivity contribution in [1.29, 1.82) is 0 Å². The molecule has 16 heavy (non-hydrogen) atoms. The van der Waals surface area contributed by atoms with E-state index < -0.39 is 11.4 Å². The molecule has 4 nitrogen and oxygen atoms in total. The van der Waals surface area contributed by atoms with E-state index in [0.717, 1.165) is 0 Å². The fraction of sp³-hybridized carbons (Fsp3) is 0.364. The van der Waals surface area contributed by atoms with E-state index in [1.54, 1.807) is 18.2 Å². The van der Waals surface area contributed by atoms with Gasteiger partial charge in [0.2, 0.25) is 5.91 Å². The van der Waals surface area contributed by atoms with Gasteiger partial charge in [-0.25, -0.2) is 0 Å². The molecule has 0 aromatic heterocycles. The predicted octanol–water partition coefficient (Wildman–Crippen LogP) is 1.66. The Morgan fingerprint density at radius 1 is 1.50 bits per heavy atom. The molecular formula is C11H15BrN2O2. The minimum Gasteiger partial charge on any atom is -0.492 e. The van der Waals surface area contributed by atoms with Crippen molar-refractivity contribution in [2.24, 2.45) is 11.5 Å². The standard InChI is InChI=1S/C11H15BrN2O2/c1-11(2,14)6-16-7-3-4-8(10(13)15)9(12)5-7/h3-5H,6,14H2,1-2H3,(H2,13,15). The molecule has 0 saturated heterocycles. The molecule has 1 amide bonds. The maximum absolute atomic E-state index is 11.0. The largest absolute Gasteiger partial charge is 0.492 e. The summed E-state index contributed by atoms with van der Waals surface area (Å²) in [4.78, 5) is 11.0. The molecule has 1 aromatic rings. The number of amides is 1. The van der Waals surface area contributed by atoms with Crippen LogP contribution in [0.15, 0.2) is 22.7 Å². The number of halogens is 1. The van der Waals surface area contributed by atoms with Gasteiger partial charge in [-0.15, -0.1) is 0 Å². The van der Waals surface area contributed by atoms with Crippen molar-refractivity contribution in [2.75, 3.05) is 6.61 Å². The number of primary amides is 1. The Labute approximate surface area is 103 Å². The van der Waals surface area contributed by atoms with Crippen LogP contribution in [0, 0.1) is 0 Å². The van der Waals surface area contributed by atoms with Gasteiger partial charge >= 0.3 is 0 Å². The lowest BCUT2D eigenvalue weighted by Crippen LogP contribution is -2.38. The molecule has 5 heteroatoms. The molecule has 0 radical (unpaired) electrons. The van der Waals surface area contributed by atoms with Crippen LogP contribution in [0.5, 0.6) is 5.75 Å². The van der Waals surface area contributed by atoms with Crippen LogP contribution in [0.3, 0.4) is 0 Å². The van der Waals surface area contributed by atoms with Gasteiger partial charge < -0.3 is 16.2 Å². The van der Waals surface area contributed by atoms with Crippen LogP contribution < -0.4 is 16.2 Å². The second-order valence-electron chi connectivity index (χ2n) is 4.28. The number of benzene rings is 1. The fourth-order valence-corrected chi connectivity index (χ4v) is 1.61. The number of hydrogen-bond acceptors (Lipinski definition) is 3. The second kappa shape index (κ2) is 4.84. The van der Waals surface area contributed by atoms with Crippen molar-refractivity contribution < 1.29 is 9.53 Å². The molecule has 0 bridgehead atoms. The minimum absolute atomic E-state index is 0.394. The summed E-state index contributed by atoms with van der Waals surface area (Å²) < 4.78 is 6.10. The van der Waals surface area contributed by atoms with Crippen LogP contribution in [-0.4, -0.2) is 18.1 Å². The zero-order valence-corrected chi connectivity index (χ0v) is 10.9. The van der Waals surface area contributed by atoms with Crippen LogP contribution in [0.25, 0.3) is 0 Å². The summed E-state index contributed by atoms with van der Waals surface area (Å²) in [5.41, 5.74) is 11.0. The van der Waals surface area contributed by atoms with Crippen LogP contribution >= 0.6 is 15.9 Å². The Kier molecular flexibility index (Phi) is 3.93. The third kappa shape index (κ3) is 3.83. The molecular weight excluding hydrogens is 272 g/mol. The van der Waals surface area contributed by atoms with Crippen molar-refractivity contribution in [3.8, 4) is 5.75 Å². The van der Waals surface area contributed by atoms with Crippen LogP contribution in [0.2, 0.25) is 0 Å². The molecule has 0 unspecified atom stereocenters. The van der Waals surface area contributed by atoms with Gasteiger partial charge in [0.1, 0.15) is 12.4 Å². The Hall–Kier alpha value is -1.07. The lowest BCUT2D eigenvalue weighted by molar-refractivity contribution is 0.0999. The number of hydrogen-bond donors (Lipinski definition) is 2. The molecule has 0 heterocycles. The highest BCUT2D eigenvalue weighted by molar-refractivity contribution is 9.10. The Bertz CT molecular complexity index is 399. The summed E-state index contributed by atoms with van der Waals surface area (Å²) in [6.07, 6.45) is 0. The van der Waals surface area contributed by atoms with E-state index in [2.05, 4.69) is 15.9 Å². The number of nitrogens with two attached hydrogens (primary N) is 2. The van der Waals surface area contributed by atoms with Gasteiger partial charge in [-0.05, 0) is 48.0 Å². The van der Waals surface area contributed by atoms with Gasteiger partial charge in [0.05, 0.1) is 5.56 Å². The van der Waals surface area contributed by atoms with Gasteiger partial charge in [0.25, 0.3) is 0 Å². The first-order valence-electron chi connectivity index (χ1n) is 4.80. The van der Waals surface area contributed by atoms with Gasteiger partial charge in [-0.2, -0.15) is 0 Å². The lowest BCUT2D eigenvalue weighted by Gasteiger charge is -2.19. The maximum Gasteiger partial charge on any atom is 0.249 e. The van der Waals surface area contributed by atoms with Crippen molar-refractivity contribution >= 4 is 21.8 Å². The van der Waals surface area contributed by atoms with Gasteiger partial charge in [0.15, 0.2) is 0 Å². The molecule has 0 fully saturated rings. The Balaban J connectivity index is 2.78. The zero-order chi connectivity index (χ0) is 12.3. The fourth-order valence-electron chi connectivity index (χ4n) is 1.05. The third-order valence-electron chi connectivity index (χ3n) is 1.82. The SMILES string of the molecule is CC(C)(N)COc1ccc(C(N)=O)c(Br)c1. The quantitative estimate of drug-likeness (QED) is 0.884. The highest BCUT2D eigenvalue weighted by Gasteiger charge is 2.12. The first kappa shape index (κ1) is 13.0. The van der Waals surface area contributed by atoms with Gasteiger partial charge in [-0.1, -0.05) is 0 Å². The third-order valence-corrected chi connectivity index (χ3v) is 2.47. The first-order chi connectivity index (χ1) is 7.29. The summed E-state index contributed by atoms with van der Waals surface area (Å²) in [6.45, 7) is 4.15. The van der Waals surface area contributed by atoms with Gasteiger partial charge in [0, 0.05) is 10.0 Å². The van der Waals surface area contributed by atoms with Crippen molar-refractivity contribution in [2.45, 2.75) is 19.4 Å². The van der Waals surface area contributed by atoms with E-state index in [1.807, 2.05) is 13.8 Å². The maximum atomic E-state index is 11.0. The summed E-state index contributed by atoms with van der Waals surface area (Å²) in [5.74, 6) is 0.174. The van der Waals surface area contributed by atoms with Crippen LogP contribution in [0.4, 0.5) is 0 Å². The monoisotopic (exact) mass is 286 g/mol. The number of ether oxygens (including phenoxy) is 1. The lowest BCUT2D eigenvalue weighted by atomic mass is 10.1. The van der Waals surface area contributed by atoms with Crippen LogP contribution in [-0.2, 0) is 0 Å². The molecule has 0 aliphatic rings. The average Bonchev–Trinajstić information content (AvgIpc) is 2.13.